The van der Waals surface area contributed by atoms with Gasteiger partial charge >= 0.3 is 0 Å². The zero-order chi connectivity index (χ0) is 37.4. The molecule has 1 aliphatic heterocycles. The molecule has 1 fully saturated rings. The number of aliphatic hydroxyl groups is 4. The highest BCUT2D eigenvalue weighted by Gasteiger charge is 2.49. The zero-order valence-corrected chi connectivity index (χ0v) is 31.9. The number of nitrogens with one attached hydrogen (secondary N) is 1. The Bertz CT molecular complexity index is 1670. The van der Waals surface area contributed by atoms with Crippen LogP contribution < -0.4 is 14.8 Å². The average molecular weight is 776 g/mol. The summed E-state index contributed by atoms with van der Waals surface area (Å²) in [5.74, 6) is 0.799. The van der Waals surface area contributed by atoms with E-state index in [1.807, 2.05) is 24.3 Å². The molecular weight excluding hydrogens is 727 g/mol. The number of rotatable bonds is 18. The maximum absolute atomic E-state index is 9.99. The number of halogens is 3. The van der Waals surface area contributed by atoms with Gasteiger partial charge in [0, 0.05) is 59.9 Å². The SMILES string of the molecule is CC1(C)C(c2ccccc2)=CC=C[C@@]1(COc1cc(OCc2cc(Cl)cc(Cl)c2)c(CNC(CO)(CO)CO)cc1Cl)OCCCN1CCC(O)C1. The van der Waals surface area contributed by atoms with E-state index >= 15 is 0 Å². The van der Waals surface area contributed by atoms with Crippen LogP contribution in [-0.2, 0) is 17.9 Å². The van der Waals surface area contributed by atoms with Crippen LogP contribution in [0, 0.1) is 5.41 Å². The first-order valence-corrected chi connectivity index (χ1v) is 18.7. The van der Waals surface area contributed by atoms with Crippen molar-refractivity contribution in [3.8, 4) is 11.5 Å². The summed E-state index contributed by atoms with van der Waals surface area (Å²) in [6, 6.07) is 18.8. The smallest absolute Gasteiger partial charge is 0.141 e. The zero-order valence-electron chi connectivity index (χ0n) is 29.7. The Morgan fingerprint density at radius 3 is 2.29 bits per heavy atom. The van der Waals surface area contributed by atoms with Crippen LogP contribution in [-0.4, -0.2) is 95.2 Å². The normalized spacial score (nSPS) is 20.2. The number of allylic oxidation sites excluding steroid dienone is 2. The van der Waals surface area contributed by atoms with Gasteiger partial charge in [0.1, 0.15) is 30.3 Å². The number of ether oxygens (including phenoxy) is 3. The monoisotopic (exact) mass is 774 g/mol. The van der Waals surface area contributed by atoms with Crippen molar-refractivity contribution >= 4 is 40.4 Å². The minimum absolute atomic E-state index is 0.107. The van der Waals surface area contributed by atoms with Crippen molar-refractivity contribution in [2.75, 3.05) is 52.7 Å². The summed E-state index contributed by atoms with van der Waals surface area (Å²) < 4.78 is 19.8. The molecule has 1 saturated heterocycles. The molecule has 1 unspecified atom stereocenters. The van der Waals surface area contributed by atoms with Crippen LogP contribution in [0.1, 0.15) is 43.4 Å². The predicted octanol–water partition coefficient (Wildman–Crippen LogP) is 6.30. The van der Waals surface area contributed by atoms with Gasteiger partial charge in [-0.1, -0.05) is 91.1 Å². The number of nitrogens with zero attached hydrogens (tertiary/aromatic N) is 1. The number of hydrogen-bond acceptors (Lipinski definition) is 9. The third-order valence-electron chi connectivity index (χ3n) is 10.1. The predicted molar refractivity (Wildman–Crippen MR) is 206 cm³/mol. The van der Waals surface area contributed by atoms with E-state index in [1.54, 1.807) is 30.3 Å². The van der Waals surface area contributed by atoms with E-state index in [-0.39, 0.29) is 25.9 Å². The van der Waals surface area contributed by atoms with Gasteiger partial charge in [0.2, 0.25) is 0 Å². The van der Waals surface area contributed by atoms with Crippen LogP contribution >= 0.6 is 34.8 Å². The molecule has 2 atom stereocenters. The largest absolute Gasteiger partial charge is 0.488 e. The van der Waals surface area contributed by atoms with Gasteiger partial charge < -0.3 is 44.9 Å². The minimum Gasteiger partial charge on any atom is -0.488 e. The molecule has 5 N–H and O–H groups in total. The highest BCUT2D eigenvalue weighted by atomic mass is 35.5. The third kappa shape index (κ3) is 9.70. The highest BCUT2D eigenvalue weighted by Crippen LogP contribution is 2.49. The van der Waals surface area contributed by atoms with Gasteiger partial charge in [0.15, 0.2) is 0 Å². The molecule has 0 amide bonds. The summed E-state index contributed by atoms with van der Waals surface area (Å²) in [5.41, 5.74) is 0.815. The highest BCUT2D eigenvalue weighted by molar-refractivity contribution is 6.34. The van der Waals surface area contributed by atoms with Crippen molar-refractivity contribution in [3.05, 3.63) is 111 Å². The van der Waals surface area contributed by atoms with Crippen LogP contribution in [0.25, 0.3) is 5.57 Å². The molecule has 0 aromatic heterocycles. The van der Waals surface area contributed by atoms with Crippen molar-refractivity contribution in [2.45, 2.75) is 57.1 Å². The van der Waals surface area contributed by atoms with Gasteiger partial charge in [-0.15, -0.1) is 0 Å². The fraction of sp³-hybridized carbons (Fsp3) is 0.450. The summed E-state index contributed by atoms with van der Waals surface area (Å²) in [4.78, 5) is 2.26. The van der Waals surface area contributed by atoms with Crippen LogP contribution in [0.5, 0.6) is 11.5 Å². The summed E-state index contributed by atoms with van der Waals surface area (Å²) >= 11 is 19.4. The number of hydrogen-bond donors (Lipinski definition) is 5. The van der Waals surface area contributed by atoms with Crippen molar-refractivity contribution in [2.24, 2.45) is 5.41 Å². The minimum atomic E-state index is -1.32. The van der Waals surface area contributed by atoms with Gasteiger partial charge in [-0.3, -0.25) is 0 Å². The van der Waals surface area contributed by atoms with Crippen LogP contribution in [0.4, 0.5) is 0 Å². The Balaban J connectivity index is 1.42. The molecule has 3 aromatic carbocycles. The molecule has 2 aliphatic rings. The topological polar surface area (TPSA) is 124 Å². The molecule has 12 heteroatoms. The fourth-order valence-electron chi connectivity index (χ4n) is 6.68. The summed E-state index contributed by atoms with van der Waals surface area (Å²) in [6.07, 6.45) is 7.50. The van der Waals surface area contributed by atoms with Gasteiger partial charge in [-0.05, 0) is 59.9 Å². The van der Waals surface area contributed by atoms with E-state index < -0.39 is 36.4 Å². The third-order valence-corrected chi connectivity index (χ3v) is 10.8. The molecule has 0 radical (unpaired) electrons. The Morgan fingerprint density at radius 2 is 1.63 bits per heavy atom. The van der Waals surface area contributed by atoms with Crippen LogP contribution in [0.3, 0.4) is 0 Å². The average Bonchev–Trinajstić information content (AvgIpc) is 3.55. The summed E-state index contributed by atoms with van der Waals surface area (Å²) in [5, 5.41) is 44.0. The first-order valence-electron chi connectivity index (χ1n) is 17.5. The molecule has 0 bridgehead atoms. The van der Waals surface area contributed by atoms with E-state index in [2.05, 4.69) is 48.3 Å². The molecule has 52 heavy (non-hydrogen) atoms. The van der Waals surface area contributed by atoms with Gasteiger partial charge in [-0.2, -0.15) is 0 Å². The molecule has 3 aromatic rings. The maximum Gasteiger partial charge on any atom is 0.141 e. The van der Waals surface area contributed by atoms with E-state index in [0.717, 1.165) is 42.6 Å². The standard InChI is InChI=1S/C40H49Cl3N2O7/c1-38(2)34(29-8-4-3-5-9-29)10-6-12-40(38,52-15-7-13-45-14-11-33(49)22-45)27-51-37-20-36(50-23-28-16-31(41)19-32(42)17-28)30(18-35(37)43)21-44-39(24-46,25-47)26-48/h3-6,8-10,12,16-20,33,44,46-49H,7,11,13-15,21-27H2,1-2H3/t33?,40-/m0/s1. The lowest BCUT2D eigenvalue weighted by Gasteiger charge is -2.47. The first-order chi connectivity index (χ1) is 24.9. The van der Waals surface area contributed by atoms with Crippen LogP contribution in [0.15, 0.2) is 78.9 Å². The lowest BCUT2D eigenvalue weighted by Crippen LogP contribution is -2.54. The van der Waals surface area contributed by atoms with E-state index in [1.165, 1.54) is 0 Å². The molecule has 0 spiro atoms. The van der Waals surface area contributed by atoms with E-state index in [0.29, 0.717) is 45.3 Å². The number of likely N-dealkylation sites (tertiary alicyclic amines) is 1. The van der Waals surface area contributed by atoms with Crippen molar-refractivity contribution in [1.82, 2.24) is 10.2 Å². The maximum atomic E-state index is 9.99. The van der Waals surface area contributed by atoms with Gasteiger partial charge in [0.25, 0.3) is 0 Å². The fourth-order valence-corrected chi connectivity index (χ4v) is 7.49. The lowest BCUT2D eigenvalue weighted by molar-refractivity contribution is -0.0926. The Kier molecular flexibility index (Phi) is 14.1. The Morgan fingerprint density at radius 1 is 0.923 bits per heavy atom. The molecule has 5 rings (SSSR count). The first kappa shape index (κ1) is 40.5. The molecule has 0 saturated carbocycles. The molecule has 1 aliphatic carbocycles. The quantitative estimate of drug-likeness (QED) is 0.0948. The number of β-amino-alcohol motifs (C(OH)–C–C–N with tert-alkyl or cyclic N) is 1. The molecule has 9 nitrogen and oxygen atoms in total. The molecular formula is C40H49Cl3N2O7. The van der Waals surface area contributed by atoms with E-state index in [4.69, 9.17) is 49.0 Å². The Labute approximate surface area is 321 Å². The second kappa shape index (κ2) is 18.1. The van der Waals surface area contributed by atoms with Crippen molar-refractivity contribution in [1.29, 1.82) is 0 Å². The second-order valence-electron chi connectivity index (χ2n) is 14.1. The lowest BCUT2D eigenvalue weighted by atomic mass is 9.65. The van der Waals surface area contributed by atoms with Gasteiger partial charge in [-0.25, -0.2) is 0 Å². The summed E-state index contributed by atoms with van der Waals surface area (Å²) in [7, 11) is 0. The second-order valence-corrected chi connectivity index (χ2v) is 15.4. The molecule has 1 heterocycles. The van der Waals surface area contributed by atoms with E-state index in [9.17, 15) is 20.4 Å². The van der Waals surface area contributed by atoms with Crippen LogP contribution in [0.2, 0.25) is 15.1 Å². The van der Waals surface area contributed by atoms with Crippen molar-refractivity contribution in [3.63, 3.8) is 0 Å². The van der Waals surface area contributed by atoms with Gasteiger partial charge in [0.05, 0.1) is 36.5 Å². The summed E-state index contributed by atoms with van der Waals surface area (Å²) in [6.45, 7) is 6.07. The molecule has 282 valence electrons. The number of aliphatic hydroxyl groups excluding tert-OH is 4. The Hall–Kier alpha value is -2.67. The van der Waals surface area contributed by atoms with Crippen molar-refractivity contribution < 1.29 is 34.6 Å². The number of benzene rings is 3.